The summed E-state index contributed by atoms with van der Waals surface area (Å²) in [6.45, 7) is 6.57. The van der Waals surface area contributed by atoms with Crippen LogP contribution in [0.5, 0.6) is 0 Å². The van der Waals surface area contributed by atoms with E-state index < -0.39 is 16.8 Å². The molecule has 1 aliphatic rings. The Kier molecular flexibility index (Phi) is 8.02. The maximum absolute atomic E-state index is 12.9. The lowest BCUT2D eigenvalue weighted by atomic mass is 10.1. The molecule has 1 saturated heterocycles. The predicted molar refractivity (Wildman–Crippen MR) is 127 cm³/mol. The highest BCUT2D eigenvalue weighted by Gasteiger charge is 2.33. The number of likely N-dealkylation sites (N-methyl/N-ethyl adjacent to an activating group) is 1. The van der Waals surface area contributed by atoms with E-state index in [4.69, 9.17) is 35.4 Å². The molecule has 2 atom stereocenters. The van der Waals surface area contributed by atoms with Crippen LogP contribution in [-0.2, 0) is 6.18 Å². The third-order valence-electron chi connectivity index (χ3n) is 4.89. The Morgan fingerprint density at radius 1 is 1.22 bits per heavy atom. The summed E-state index contributed by atoms with van der Waals surface area (Å²) in [5.41, 5.74) is 0.113. The molecule has 0 saturated carbocycles. The number of piperidine rings is 1. The number of aryl methyl sites for hydroxylation is 1. The third kappa shape index (κ3) is 6.81. The van der Waals surface area contributed by atoms with Crippen molar-refractivity contribution < 1.29 is 13.2 Å². The molecule has 32 heavy (non-hydrogen) atoms. The molecule has 0 spiro atoms. The van der Waals surface area contributed by atoms with Gasteiger partial charge in [-0.1, -0.05) is 18.5 Å². The van der Waals surface area contributed by atoms with Gasteiger partial charge in [-0.15, -0.1) is 11.6 Å². The number of likely N-dealkylation sites (tertiary alicyclic amines) is 1. The van der Waals surface area contributed by atoms with Crippen molar-refractivity contribution in [1.29, 1.82) is 0 Å². The number of aromatic nitrogens is 2. The quantitative estimate of drug-likeness (QED) is 0.371. The van der Waals surface area contributed by atoms with Crippen molar-refractivity contribution >= 4 is 58.0 Å². The van der Waals surface area contributed by atoms with Gasteiger partial charge in [-0.3, -0.25) is 0 Å². The summed E-state index contributed by atoms with van der Waals surface area (Å²) in [6.07, 6.45) is -3.71. The van der Waals surface area contributed by atoms with Gasteiger partial charge in [-0.2, -0.15) is 18.2 Å². The zero-order valence-electron chi connectivity index (χ0n) is 17.4. The first-order valence-electron chi connectivity index (χ1n) is 9.97. The van der Waals surface area contributed by atoms with Crippen molar-refractivity contribution in [2.45, 2.75) is 37.9 Å². The lowest BCUT2D eigenvalue weighted by Crippen LogP contribution is -2.46. The van der Waals surface area contributed by atoms with E-state index in [2.05, 4.69) is 37.7 Å². The Labute approximate surface area is 199 Å². The second-order valence-electron chi connectivity index (χ2n) is 7.52. The van der Waals surface area contributed by atoms with E-state index in [9.17, 15) is 13.2 Å². The summed E-state index contributed by atoms with van der Waals surface area (Å²) >= 11 is 17.4. The molecule has 0 bridgehead atoms. The predicted octanol–water partition coefficient (Wildman–Crippen LogP) is 5.38. The zero-order valence-corrected chi connectivity index (χ0v) is 19.8. The van der Waals surface area contributed by atoms with Gasteiger partial charge < -0.3 is 20.9 Å². The fourth-order valence-corrected chi connectivity index (χ4v) is 4.39. The van der Waals surface area contributed by atoms with E-state index in [0.717, 1.165) is 43.9 Å². The largest absolute Gasteiger partial charge is 0.417 e. The first kappa shape index (κ1) is 24.8. The maximum atomic E-state index is 12.9. The molecule has 12 heteroatoms. The van der Waals surface area contributed by atoms with Crippen molar-refractivity contribution in [2.75, 3.05) is 35.6 Å². The number of halogens is 5. The van der Waals surface area contributed by atoms with E-state index in [1.165, 1.54) is 6.07 Å². The van der Waals surface area contributed by atoms with Crippen LogP contribution >= 0.6 is 35.4 Å². The summed E-state index contributed by atoms with van der Waals surface area (Å²) in [4.78, 5) is 11.0. The molecule has 1 aromatic carbocycles. The molecule has 1 aliphatic heterocycles. The maximum Gasteiger partial charge on any atom is 0.417 e. The summed E-state index contributed by atoms with van der Waals surface area (Å²) in [5.74, 6) is 0.890. The molecule has 174 valence electrons. The van der Waals surface area contributed by atoms with Gasteiger partial charge in [-0.25, -0.2) is 4.98 Å². The van der Waals surface area contributed by atoms with E-state index in [0.29, 0.717) is 11.5 Å². The van der Waals surface area contributed by atoms with E-state index in [1.807, 2.05) is 13.0 Å². The van der Waals surface area contributed by atoms with Crippen molar-refractivity contribution in [2.24, 2.45) is 0 Å². The van der Waals surface area contributed by atoms with Gasteiger partial charge in [0.1, 0.15) is 5.82 Å². The zero-order chi connectivity index (χ0) is 23.5. The fraction of sp³-hybridized carbons (Fsp3) is 0.450. The molecule has 1 aromatic heterocycles. The van der Waals surface area contributed by atoms with Gasteiger partial charge in [-0.05, 0) is 50.3 Å². The minimum absolute atomic E-state index is 0.0639. The van der Waals surface area contributed by atoms with E-state index >= 15 is 0 Å². The van der Waals surface area contributed by atoms with Gasteiger partial charge in [0, 0.05) is 42.0 Å². The lowest BCUT2D eigenvalue weighted by Gasteiger charge is -2.35. The minimum Gasteiger partial charge on any atom is -0.366 e. The van der Waals surface area contributed by atoms with Crippen molar-refractivity contribution in [1.82, 2.24) is 14.9 Å². The van der Waals surface area contributed by atoms with Crippen LogP contribution in [0.1, 0.15) is 24.6 Å². The number of thiocarbonyl (C=S) groups is 1. The van der Waals surface area contributed by atoms with Crippen molar-refractivity contribution in [3.8, 4) is 0 Å². The standard InChI is InChI=1S/C20H23Cl2F3N6S/c1-3-31-9-12(21)7-14(10-31)27-17-6-11(2)26-18(29-17)30-19(32)28-13-4-5-15(16(22)8-13)20(23,24)25/h4-6,8,12,14H,3,7,9-10H2,1-2H3,(H3,26,27,28,29,30,32). The number of nitrogens with zero attached hydrogens (tertiary/aromatic N) is 3. The van der Waals surface area contributed by atoms with Gasteiger partial charge in [0.25, 0.3) is 0 Å². The number of nitrogens with one attached hydrogen (secondary N) is 3. The Balaban J connectivity index is 1.65. The Hall–Kier alpha value is -1.88. The monoisotopic (exact) mass is 506 g/mol. The Morgan fingerprint density at radius 3 is 2.62 bits per heavy atom. The van der Waals surface area contributed by atoms with Crippen LogP contribution in [0.15, 0.2) is 24.3 Å². The molecular formula is C20H23Cl2F3N6S. The van der Waals surface area contributed by atoms with Crippen LogP contribution in [0.25, 0.3) is 0 Å². The van der Waals surface area contributed by atoms with Crippen LogP contribution in [0.2, 0.25) is 5.02 Å². The van der Waals surface area contributed by atoms with Crippen molar-refractivity contribution in [3.63, 3.8) is 0 Å². The fourth-order valence-electron chi connectivity index (χ4n) is 3.48. The number of benzene rings is 1. The molecular weight excluding hydrogens is 484 g/mol. The molecule has 2 heterocycles. The van der Waals surface area contributed by atoms with E-state index in [-0.39, 0.29) is 22.5 Å². The number of anilines is 3. The number of hydrogen-bond acceptors (Lipinski definition) is 5. The van der Waals surface area contributed by atoms with E-state index in [1.54, 1.807) is 0 Å². The number of rotatable bonds is 5. The number of alkyl halides is 4. The molecule has 2 unspecified atom stereocenters. The second kappa shape index (κ2) is 10.4. The van der Waals surface area contributed by atoms with Crippen LogP contribution in [-0.4, -0.2) is 51.0 Å². The second-order valence-corrected chi connectivity index (χ2v) is 8.95. The van der Waals surface area contributed by atoms with Crippen LogP contribution in [0.4, 0.5) is 30.6 Å². The van der Waals surface area contributed by atoms with Crippen molar-refractivity contribution in [3.05, 3.63) is 40.5 Å². The first-order chi connectivity index (χ1) is 15.0. The SMILES string of the molecule is CCN1CC(Cl)CC(Nc2cc(C)nc(NC(=S)Nc3ccc(C(F)(F)F)c(Cl)c3)n2)C1. The van der Waals surface area contributed by atoms with Gasteiger partial charge in [0.2, 0.25) is 5.95 Å². The molecule has 3 rings (SSSR count). The Morgan fingerprint density at radius 2 is 1.97 bits per heavy atom. The third-order valence-corrected chi connectivity index (χ3v) is 5.72. The molecule has 1 fully saturated rings. The lowest BCUT2D eigenvalue weighted by molar-refractivity contribution is -0.137. The highest BCUT2D eigenvalue weighted by molar-refractivity contribution is 7.80. The van der Waals surface area contributed by atoms with Crippen LogP contribution in [0, 0.1) is 6.92 Å². The Bertz CT molecular complexity index is 975. The molecule has 0 aliphatic carbocycles. The number of hydrogen-bond donors (Lipinski definition) is 3. The first-order valence-corrected chi connectivity index (χ1v) is 11.2. The minimum atomic E-state index is -4.52. The average Bonchev–Trinajstić information content (AvgIpc) is 2.65. The molecule has 2 aromatic rings. The van der Waals surface area contributed by atoms with Crippen LogP contribution in [0.3, 0.4) is 0 Å². The van der Waals surface area contributed by atoms with Gasteiger partial charge in [0.05, 0.1) is 10.6 Å². The molecule has 0 radical (unpaired) electrons. The normalized spacial score (nSPS) is 19.5. The smallest absolute Gasteiger partial charge is 0.366 e. The summed E-state index contributed by atoms with van der Waals surface area (Å²) in [7, 11) is 0. The van der Waals surface area contributed by atoms with Crippen LogP contribution < -0.4 is 16.0 Å². The average molecular weight is 507 g/mol. The topological polar surface area (TPSA) is 65.1 Å². The summed E-state index contributed by atoms with van der Waals surface area (Å²) < 4.78 is 38.6. The highest BCUT2D eigenvalue weighted by Crippen LogP contribution is 2.35. The molecule has 3 N–H and O–H groups in total. The summed E-state index contributed by atoms with van der Waals surface area (Å²) in [5, 5.41) is 8.82. The summed E-state index contributed by atoms with van der Waals surface area (Å²) in [6, 6.07) is 5.27. The molecule has 0 amide bonds. The molecule has 6 nitrogen and oxygen atoms in total. The van der Waals surface area contributed by atoms with Gasteiger partial charge in [0.15, 0.2) is 5.11 Å². The van der Waals surface area contributed by atoms with Gasteiger partial charge >= 0.3 is 6.18 Å². The highest BCUT2D eigenvalue weighted by atomic mass is 35.5.